The number of sulfonamides is 1. The SMILES string of the molecule is Nc1ccc(S(=O)(=O)N2CCCC(c3ccc(Cl)cc3)=N2)cc1. The highest BCUT2D eigenvalue weighted by Gasteiger charge is 2.26. The molecule has 23 heavy (non-hydrogen) atoms. The lowest BCUT2D eigenvalue weighted by Crippen LogP contribution is -2.32. The normalized spacial score (nSPS) is 15.3. The molecule has 0 saturated carbocycles. The summed E-state index contributed by atoms with van der Waals surface area (Å²) in [6, 6.07) is 13.4. The van der Waals surface area contributed by atoms with E-state index in [1.165, 1.54) is 12.1 Å². The number of halogens is 1. The Bertz CT molecular complexity index is 831. The van der Waals surface area contributed by atoms with Crippen LogP contribution < -0.4 is 5.73 Å². The minimum Gasteiger partial charge on any atom is -0.399 e. The number of anilines is 1. The lowest BCUT2D eigenvalue weighted by Gasteiger charge is -2.25. The van der Waals surface area contributed by atoms with Crippen molar-refractivity contribution in [1.29, 1.82) is 0 Å². The molecule has 2 aromatic rings. The van der Waals surface area contributed by atoms with Gasteiger partial charge in [0.1, 0.15) is 0 Å². The van der Waals surface area contributed by atoms with Crippen LogP contribution in [-0.4, -0.2) is 25.1 Å². The quantitative estimate of drug-likeness (QED) is 0.865. The summed E-state index contributed by atoms with van der Waals surface area (Å²) in [5, 5.41) is 4.98. The third kappa shape index (κ3) is 3.33. The fraction of sp³-hybridized carbons (Fsp3) is 0.188. The summed E-state index contributed by atoms with van der Waals surface area (Å²) in [4.78, 5) is 0.188. The third-order valence-electron chi connectivity index (χ3n) is 3.63. The van der Waals surface area contributed by atoms with Gasteiger partial charge in [-0.05, 0) is 54.8 Å². The first-order valence-corrected chi connectivity index (χ1v) is 9.00. The molecule has 0 radical (unpaired) electrons. The van der Waals surface area contributed by atoms with Crippen molar-refractivity contribution in [3.05, 3.63) is 59.1 Å². The minimum absolute atomic E-state index is 0.188. The zero-order valence-electron chi connectivity index (χ0n) is 12.3. The molecule has 7 heteroatoms. The van der Waals surface area contributed by atoms with E-state index in [0.29, 0.717) is 17.3 Å². The van der Waals surface area contributed by atoms with E-state index in [9.17, 15) is 8.42 Å². The predicted octanol–water partition coefficient (Wildman–Crippen LogP) is 3.11. The van der Waals surface area contributed by atoms with E-state index in [4.69, 9.17) is 17.3 Å². The Balaban J connectivity index is 1.94. The van der Waals surface area contributed by atoms with Gasteiger partial charge in [0.05, 0.1) is 17.2 Å². The third-order valence-corrected chi connectivity index (χ3v) is 5.57. The molecule has 0 aromatic heterocycles. The van der Waals surface area contributed by atoms with Crippen molar-refractivity contribution in [1.82, 2.24) is 4.41 Å². The Morgan fingerprint density at radius 1 is 1.04 bits per heavy atom. The van der Waals surface area contributed by atoms with Gasteiger partial charge in [0, 0.05) is 10.7 Å². The van der Waals surface area contributed by atoms with Gasteiger partial charge in [-0.2, -0.15) is 17.9 Å². The first-order valence-electron chi connectivity index (χ1n) is 7.18. The Hall–Kier alpha value is -2.05. The van der Waals surface area contributed by atoms with E-state index in [2.05, 4.69) is 5.10 Å². The molecule has 0 bridgehead atoms. The second kappa shape index (κ2) is 6.22. The first-order chi connectivity index (χ1) is 11.0. The van der Waals surface area contributed by atoms with Crippen LogP contribution in [0, 0.1) is 0 Å². The highest BCUT2D eigenvalue weighted by Crippen LogP contribution is 2.23. The highest BCUT2D eigenvalue weighted by atomic mass is 35.5. The van der Waals surface area contributed by atoms with E-state index >= 15 is 0 Å². The van der Waals surface area contributed by atoms with E-state index in [1.807, 2.05) is 12.1 Å². The van der Waals surface area contributed by atoms with Crippen LogP contribution in [0.2, 0.25) is 5.02 Å². The topological polar surface area (TPSA) is 75.8 Å². The second-order valence-electron chi connectivity index (χ2n) is 5.28. The molecule has 0 aliphatic carbocycles. The summed E-state index contributed by atoms with van der Waals surface area (Å²) >= 11 is 5.89. The summed E-state index contributed by atoms with van der Waals surface area (Å²) < 4.78 is 26.5. The maximum absolute atomic E-state index is 12.7. The van der Waals surface area contributed by atoms with Gasteiger partial charge in [-0.15, -0.1) is 0 Å². The molecule has 0 amide bonds. The van der Waals surface area contributed by atoms with E-state index < -0.39 is 10.0 Å². The van der Waals surface area contributed by atoms with Crippen LogP contribution >= 0.6 is 11.6 Å². The number of nitrogens with two attached hydrogens (primary N) is 1. The van der Waals surface area contributed by atoms with Gasteiger partial charge >= 0.3 is 0 Å². The van der Waals surface area contributed by atoms with Gasteiger partial charge < -0.3 is 5.73 Å². The molecule has 5 nitrogen and oxygen atoms in total. The van der Waals surface area contributed by atoms with E-state index in [0.717, 1.165) is 28.5 Å². The zero-order chi connectivity index (χ0) is 16.4. The zero-order valence-corrected chi connectivity index (χ0v) is 13.9. The number of hydrogen-bond donors (Lipinski definition) is 1. The van der Waals surface area contributed by atoms with E-state index in [1.54, 1.807) is 24.3 Å². The summed E-state index contributed by atoms with van der Waals surface area (Å²) in [5.74, 6) is 0. The predicted molar refractivity (Wildman–Crippen MR) is 92.0 cm³/mol. The molecule has 0 fully saturated rings. The van der Waals surface area contributed by atoms with Crippen molar-refractivity contribution in [2.45, 2.75) is 17.7 Å². The van der Waals surface area contributed by atoms with Crippen molar-refractivity contribution < 1.29 is 8.42 Å². The smallest absolute Gasteiger partial charge is 0.279 e. The van der Waals surface area contributed by atoms with Gasteiger partial charge in [-0.3, -0.25) is 0 Å². The van der Waals surface area contributed by atoms with Crippen LogP contribution in [0.5, 0.6) is 0 Å². The number of nitrogens with zero attached hydrogens (tertiary/aromatic N) is 2. The van der Waals surface area contributed by atoms with Crippen LogP contribution in [0.15, 0.2) is 58.5 Å². The molecule has 2 N–H and O–H groups in total. The molecule has 0 unspecified atom stereocenters. The van der Waals surface area contributed by atoms with Crippen molar-refractivity contribution in [3.63, 3.8) is 0 Å². The molecule has 1 heterocycles. The number of nitrogen functional groups attached to an aromatic ring is 1. The van der Waals surface area contributed by atoms with Gasteiger partial charge in [0.2, 0.25) is 0 Å². The van der Waals surface area contributed by atoms with Crippen LogP contribution in [-0.2, 0) is 10.0 Å². The number of hydrogen-bond acceptors (Lipinski definition) is 4. The van der Waals surface area contributed by atoms with Gasteiger partial charge in [-0.25, -0.2) is 0 Å². The Kier molecular flexibility index (Phi) is 4.28. The highest BCUT2D eigenvalue weighted by molar-refractivity contribution is 7.89. The number of rotatable bonds is 3. The maximum atomic E-state index is 12.7. The molecule has 1 aliphatic heterocycles. The molecule has 0 spiro atoms. The van der Waals surface area contributed by atoms with Crippen LogP contribution in [0.1, 0.15) is 18.4 Å². The Labute approximate surface area is 140 Å². The van der Waals surface area contributed by atoms with Gasteiger partial charge in [0.25, 0.3) is 10.0 Å². The molecule has 1 aliphatic rings. The number of benzene rings is 2. The monoisotopic (exact) mass is 349 g/mol. The standard InChI is InChI=1S/C16H16ClN3O2S/c17-13-5-3-12(4-6-13)16-2-1-11-20(19-16)23(21,22)15-9-7-14(18)8-10-15/h3-10H,1-2,11,18H2. The lowest BCUT2D eigenvalue weighted by molar-refractivity contribution is 0.410. The fourth-order valence-electron chi connectivity index (χ4n) is 2.40. The van der Waals surface area contributed by atoms with Gasteiger partial charge in [0.15, 0.2) is 0 Å². The molecule has 0 atom stereocenters. The van der Waals surface area contributed by atoms with Crippen LogP contribution in [0.4, 0.5) is 5.69 Å². The molecule has 3 rings (SSSR count). The van der Waals surface area contributed by atoms with Crippen molar-refractivity contribution >= 4 is 33.0 Å². The summed E-state index contributed by atoms with van der Waals surface area (Å²) in [6.45, 7) is 0.365. The maximum Gasteiger partial charge on any atom is 0.279 e. The fourth-order valence-corrected chi connectivity index (χ4v) is 3.82. The van der Waals surface area contributed by atoms with Crippen molar-refractivity contribution in [2.24, 2.45) is 5.10 Å². The van der Waals surface area contributed by atoms with Crippen LogP contribution in [0.25, 0.3) is 0 Å². The summed E-state index contributed by atoms with van der Waals surface area (Å²) in [6.07, 6.45) is 1.45. The molecule has 0 saturated heterocycles. The Morgan fingerprint density at radius 3 is 2.35 bits per heavy atom. The van der Waals surface area contributed by atoms with Gasteiger partial charge in [-0.1, -0.05) is 23.7 Å². The molecular weight excluding hydrogens is 334 g/mol. The Morgan fingerprint density at radius 2 is 1.70 bits per heavy atom. The molecule has 2 aromatic carbocycles. The first kappa shape index (κ1) is 15.8. The number of hydrazone groups is 1. The molecule has 120 valence electrons. The van der Waals surface area contributed by atoms with E-state index in [-0.39, 0.29) is 4.90 Å². The minimum atomic E-state index is -3.66. The largest absolute Gasteiger partial charge is 0.399 e. The van der Waals surface area contributed by atoms with Crippen molar-refractivity contribution in [3.8, 4) is 0 Å². The average Bonchev–Trinajstić information content (AvgIpc) is 2.56. The van der Waals surface area contributed by atoms with Crippen LogP contribution in [0.3, 0.4) is 0 Å². The average molecular weight is 350 g/mol. The summed E-state index contributed by atoms with van der Waals surface area (Å²) in [5.41, 5.74) is 7.76. The summed E-state index contributed by atoms with van der Waals surface area (Å²) in [7, 11) is -3.66. The second-order valence-corrected chi connectivity index (χ2v) is 7.56. The molecular formula is C16H16ClN3O2S. The van der Waals surface area contributed by atoms with Crippen molar-refractivity contribution in [2.75, 3.05) is 12.3 Å². The lowest BCUT2D eigenvalue weighted by atomic mass is 10.1.